The Morgan fingerprint density at radius 3 is 2.35 bits per heavy atom. The van der Waals surface area contributed by atoms with Crippen molar-refractivity contribution >= 4 is 11.9 Å². The summed E-state index contributed by atoms with van der Waals surface area (Å²) in [4.78, 5) is 23.9. The summed E-state index contributed by atoms with van der Waals surface area (Å²) in [5.41, 5.74) is 1.12. The predicted octanol–water partition coefficient (Wildman–Crippen LogP) is 2.76. The van der Waals surface area contributed by atoms with Crippen LogP contribution >= 0.6 is 0 Å². The summed E-state index contributed by atoms with van der Waals surface area (Å²) >= 11 is 0. The number of rotatable bonds is 7. The first-order valence-corrected chi connectivity index (χ1v) is 7.93. The van der Waals surface area contributed by atoms with Crippen molar-refractivity contribution in [2.75, 3.05) is 7.11 Å². The summed E-state index contributed by atoms with van der Waals surface area (Å²) in [5, 5.41) is 2.60. The Hall–Kier alpha value is -2.96. The van der Waals surface area contributed by atoms with Crippen LogP contribution in [-0.4, -0.2) is 25.1 Å². The predicted molar refractivity (Wildman–Crippen MR) is 90.5 cm³/mol. The summed E-state index contributed by atoms with van der Waals surface area (Å²) in [7, 11) is 1.35. The van der Waals surface area contributed by atoms with Gasteiger partial charge in [-0.3, -0.25) is 9.59 Å². The molecule has 0 unspecified atom stereocenters. The van der Waals surface area contributed by atoms with E-state index in [1.54, 1.807) is 18.2 Å². The van der Waals surface area contributed by atoms with Gasteiger partial charge in [-0.2, -0.15) is 0 Å². The van der Waals surface area contributed by atoms with Gasteiger partial charge in [0.25, 0.3) is 5.91 Å². The maximum atomic E-state index is 13.6. The lowest BCUT2D eigenvalue weighted by molar-refractivity contribution is -0.154. The van der Waals surface area contributed by atoms with Crippen molar-refractivity contribution in [2.45, 2.75) is 26.0 Å². The van der Waals surface area contributed by atoms with Gasteiger partial charge in [-0.15, -0.1) is 0 Å². The minimum atomic E-state index is -1.01. The largest absolute Gasteiger partial charge is 0.494 e. The second kappa shape index (κ2) is 8.94. The van der Waals surface area contributed by atoms with E-state index in [9.17, 15) is 18.4 Å². The second-order valence-electron chi connectivity index (χ2n) is 5.62. The van der Waals surface area contributed by atoms with Gasteiger partial charge in [-0.25, -0.2) is 8.78 Å². The van der Waals surface area contributed by atoms with E-state index in [0.29, 0.717) is 11.1 Å². The molecule has 1 amide bonds. The van der Waals surface area contributed by atoms with E-state index < -0.39 is 23.8 Å². The van der Waals surface area contributed by atoms with Crippen LogP contribution in [0.2, 0.25) is 0 Å². The molecule has 2 aromatic rings. The zero-order valence-corrected chi connectivity index (χ0v) is 14.4. The maximum Gasteiger partial charge on any atom is 0.311 e. The second-order valence-corrected chi connectivity index (χ2v) is 5.62. The van der Waals surface area contributed by atoms with Crippen LogP contribution in [0.3, 0.4) is 0 Å². The zero-order valence-electron chi connectivity index (χ0n) is 14.4. The van der Waals surface area contributed by atoms with Crippen molar-refractivity contribution < 1.29 is 27.8 Å². The Labute approximate surface area is 149 Å². The van der Waals surface area contributed by atoms with E-state index in [1.807, 2.05) is 0 Å². The third-order valence-electron chi connectivity index (χ3n) is 3.62. The van der Waals surface area contributed by atoms with Crippen LogP contribution in [0.5, 0.6) is 5.75 Å². The standard InChI is InChI=1S/C19H19F2NO4/c1-12(19(24)22-11-13-3-6-15(20)7-4-13)26-18(23)10-14-5-8-17(25-2)16(21)9-14/h3-9,12H,10-11H2,1-2H3,(H,22,24)/t12-/m1/s1. The van der Waals surface area contributed by atoms with Crippen molar-refractivity contribution in [1.29, 1.82) is 0 Å². The van der Waals surface area contributed by atoms with Gasteiger partial charge in [-0.05, 0) is 42.3 Å². The van der Waals surface area contributed by atoms with Crippen LogP contribution in [0.15, 0.2) is 42.5 Å². The first-order chi connectivity index (χ1) is 12.4. The first-order valence-electron chi connectivity index (χ1n) is 7.93. The molecule has 7 heteroatoms. The number of methoxy groups -OCH3 is 1. The summed E-state index contributed by atoms with van der Waals surface area (Å²) < 4.78 is 36.3. The Balaban J connectivity index is 1.82. The number of hydrogen-bond donors (Lipinski definition) is 1. The van der Waals surface area contributed by atoms with Gasteiger partial charge in [-0.1, -0.05) is 18.2 Å². The monoisotopic (exact) mass is 363 g/mol. The summed E-state index contributed by atoms with van der Waals surface area (Å²) in [5.74, 6) is -2.00. The fourth-order valence-electron chi connectivity index (χ4n) is 2.21. The molecule has 0 spiro atoms. The molecule has 138 valence electrons. The molecule has 5 nitrogen and oxygen atoms in total. The smallest absolute Gasteiger partial charge is 0.311 e. The molecule has 0 aliphatic rings. The van der Waals surface area contributed by atoms with Crippen molar-refractivity contribution in [1.82, 2.24) is 5.32 Å². The topological polar surface area (TPSA) is 64.6 Å². The van der Waals surface area contributed by atoms with E-state index >= 15 is 0 Å². The number of amides is 1. The van der Waals surface area contributed by atoms with Gasteiger partial charge in [0.15, 0.2) is 17.7 Å². The number of benzene rings is 2. The lowest BCUT2D eigenvalue weighted by atomic mass is 10.1. The van der Waals surface area contributed by atoms with E-state index in [2.05, 4.69) is 5.32 Å². The summed E-state index contributed by atoms with van der Waals surface area (Å²) in [6, 6.07) is 9.81. The lowest BCUT2D eigenvalue weighted by Gasteiger charge is -2.14. The molecule has 2 aromatic carbocycles. The molecule has 0 bridgehead atoms. The molecule has 1 atom stereocenters. The number of carbonyl (C=O) groups excluding carboxylic acids is 2. The van der Waals surface area contributed by atoms with Crippen molar-refractivity contribution in [2.24, 2.45) is 0 Å². The molecule has 0 saturated heterocycles. The van der Waals surface area contributed by atoms with Crippen LogP contribution in [0.4, 0.5) is 8.78 Å². The van der Waals surface area contributed by atoms with Crippen LogP contribution < -0.4 is 10.1 Å². The number of ether oxygens (including phenoxy) is 2. The quantitative estimate of drug-likeness (QED) is 0.769. The van der Waals surface area contributed by atoms with Gasteiger partial charge >= 0.3 is 5.97 Å². The molecular weight excluding hydrogens is 344 g/mol. The highest BCUT2D eigenvalue weighted by atomic mass is 19.1. The Morgan fingerprint density at radius 2 is 1.73 bits per heavy atom. The summed E-state index contributed by atoms with van der Waals surface area (Å²) in [6.45, 7) is 1.62. The fraction of sp³-hybridized carbons (Fsp3) is 0.263. The minimum Gasteiger partial charge on any atom is -0.494 e. The van der Waals surface area contributed by atoms with Crippen LogP contribution in [0.25, 0.3) is 0 Å². The molecule has 0 radical (unpaired) electrons. The molecule has 0 aliphatic carbocycles. The minimum absolute atomic E-state index is 0.0793. The molecule has 26 heavy (non-hydrogen) atoms. The Bertz CT molecular complexity index is 778. The van der Waals surface area contributed by atoms with Gasteiger partial charge in [0.1, 0.15) is 5.82 Å². The first kappa shape index (κ1) is 19.4. The number of hydrogen-bond acceptors (Lipinski definition) is 4. The Morgan fingerprint density at radius 1 is 1.08 bits per heavy atom. The number of halogens is 2. The molecule has 0 fully saturated rings. The number of carbonyl (C=O) groups is 2. The summed E-state index contributed by atoms with van der Waals surface area (Å²) in [6.07, 6.45) is -1.18. The van der Waals surface area contributed by atoms with Gasteiger partial charge in [0.2, 0.25) is 0 Å². The average molecular weight is 363 g/mol. The normalized spacial score (nSPS) is 11.5. The van der Waals surface area contributed by atoms with E-state index in [-0.39, 0.29) is 24.5 Å². The molecular formula is C19H19F2NO4. The number of nitrogens with one attached hydrogen (secondary N) is 1. The molecule has 0 aromatic heterocycles. The Kier molecular flexibility index (Phi) is 6.66. The highest BCUT2D eigenvalue weighted by Gasteiger charge is 2.18. The van der Waals surface area contributed by atoms with E-state index in [4.69, 9.17) is 9.47 Å². The maximum absolute atomic E-state index is 13.6. The van der Waals surface area contributed by atoms with Crippen LogP contribution in [-0.2, 0) is 27.3 Å². The van der Waals surface area contributed by atoms with Crippen LogP contribution in [0.1, 0.15) is 18.1 Å². The number of esters is 1. The average Bonchev–Trinajstić information content (AvgIpc) is 2.61. The van der Waals surface area contributed by atoms with Gasteiger partial charge in [0, 0.05) is 6.54 Å². The highest BCUT2D eigenvalue weighted by molar-refractivity contribution is 5.83. The molecule has 0 heterocycles. The van der Waals surface area contributed by atoms with Gasteiger partial charge < -0.3 is 14.8 Å². The SMILES string of the molecule is COc1ccc(CC(=O)O[C@H](C)C(=O)NCc2ccc(F)cc2)cc1F. The highest BCUT2D eigenvalue weighted by Crippen LogP contribution is 2.18. The van der Waals surface area contributed by atoms with Gasteiger partial charge in [0.05, 0.1) is 13.5 Å². The molecule has 1 N–H and O–H groups in total. The molecule has 0 aliphatic heterocycles. The third-order valence-corrected chi connectivity index (χ3v) is 3.62. The van der Waals surface area contributed by atoms with Crippen molar-refractivity contribution in [3.63, 3.8) is 0 Å². The van der Waals surface area contributed by atoms with E-state index in [1.165, 1.54) is 38.3 Å². The third kappa shape index (κ3) is 5.54. The zero-order chi connectivity index (χ0) is 19.1. The fourth-order valence-corrected chi connectivity index (χ4v) is 2.21. The van der Waals surface area contributed by atoms with Crippen LogP contribution in [0, 0.1) is 11.6 Å². The van der Waals surface area contributed by atoms with E-state index in [0.717, 1.165) is 0 Å². The molecule has 0 saturated carbocycles. The molecule has 2 rings (SSSR count). The van der Waals surface area contributed by atoms with Crippen molar-refractivity contribution in [3.05, 3.63) is 65.2 Å². The van der Waals surface area contributed by atoms with Crippen molar-refractivity contribution in [3.8, 4) is 5.75 Å². The lowest BCUT2D eigenvalue weighted by Crippen LogP contribution is -2.35.